The number of nitrogens with zero attached hydrogens (tertiary/aromatic N) is 4. The van der Waals surface area contributed by atoms with E-state index >= 15 is 0 Å². The number of hydroxylamine groups is 1. The number of thiazole rings is 1. The van der Waals surface area contributed by atoms with Gasteiger partial charge in [0.1, 0.15) is 10.7 Å². The standard InChI is InChI=1S/C19H16ClN5O3S2/c1-2-28-24-18(26)14-10-29-16(21-14)11-30-19-23-22-17(15-4-3-9-27-15)25(19)13-7-5-12(20)6-8-13/h3-10H,2,11H2,1H3,(H,24,26). The van der Waals surface area contributed by atoms with Gasteiger partial charge in [0.2, 0.25) is 5.82 Å². The Labute approximate surface area is 185 Å². The topological polar surface area (TPSA) is 95.1 Å². The lowest BCUT2D eigenvalue weighted by Crippen LogP contribution is -2.23. The molecule has 0 bridgehead atoms. The molecule has 0 aliphatic rings. The Morgan fingerprint density at radius 1 is 1.30 bits per heavy atom. The van der Waals surface area contributed by atoms with E-state index in [1.807, 2.05) is 22.8 Å². The smallest absolute Gasteiger partial charge is 0.294 e. The SMILES string of the molecule is CCONC(=O)c1csc(CSc2nnc(-c3ccco3)n2-c2ccc(Cl)cc2)n1. The summed E-state index contributed by atoms with van der Waals surface area (Å²) in [6, 6.07) is 11.0. The summed E-state index contributed by atoms with van der Waals surface area (Å²) in [5, 5.41) is 12.4. The van der Waals surface area contributed by atoms with Crippen molar-refractivity contribution < 1.29 is 14.0 Å². The van der Waals surface area contributed by atoms with Gasteiger partial charge in [-0.3, -0.25) is 14.2 Å². The van der Waals surface area contributed by atoms with Crippen LogP contribution in [-0.4, -0.2) is 32.3 Å². The number of amides is 1. The van der Waals surface area contributed by atoms with Crippen molar-refractivity contribution in [3.63, 3.8) is 0 Å². The Balaban J connectivity index is 1.57. The summed E-state index contributed by atoms with van der Waals surface area (Å²) in [5.41, 5.74) is 3.52. The quantitative estimate of drug-likeness (QED) is 0.302. The van der Waals surface area contributed by atoms with Gasteiger partial charge in [0, 0.05) is 16.1 Å². The minimum Gasteiger partial charge on any atom is -0.461 e. The predicted molar refractivity (Wildman–Crippen MR) is 115 cm³/mol. The van der Waals surface area contributed by atoms with Crippen molar-refractivity contribution in [1.29, 1.82) is 0 Å². The average Bonchev–Trinajstić information content (AvgIpc) is 3.51. The first kappa shape index (κ1) is 20.6. The van der Waals surface area contributed by atoms with E-state index in [1.165, 1.54) is 23.1 Å². The third-order valence-corrected chi connectivity index (χ3v) is 6.10. The van der Waals surface area contributed by atoms with Crippen LogP contribution in [0.1, 0.15) is 22.4 Å². The minimum absolute atomic E-state index is 0.319. The molecule has 1 amide bonds. The summed E-state index contributed by atoms with van der Waals surface area (Å²) in [6.45, 7) is 2.17. The molecule has 154 valence electrons. The number of hydrogen-bond donors (Lipinski definition) is 1. The van der Waals surface area contributed by atoms with E-state index in [-0.39, 0.29) is 5.91 Å². The van der Waals surface area contributed by atoms with Gasteiger partial charge in [0.25, 0.3) is 5.91 Å². The van der Waals surface area contributed by atoms with Gasteiger partial charge < -0.3 is 4.42 Å². The number of carbonyl (C=O) groups excluding carboxylic acids is 1. The van der Waals surface area contributed by atoms with Crippen LogP contribution in [0.2, 0.25) is 5.02 Å². The molecule has 30 heavy (non-hydrogen) atoms. The highest BCUT2D eigenvalue weighted by atomic mass is 35.5. The van der Waals surface area contributed by atoms with Crippen molar-refractivity contribution in [2.75, 3.05) is 6.61 Å². The number of furan rings is 1. The van der Waals surface area contributed by atoms with Crippen LogP contribution in [0.4, 0.5) is 0 Å². The van der Waals surface area contributed by atoms with Gasteiger partial charge in [-0.2, -0.15) is 0 Å². The first-order valence-corrected chi connectivity index (χ1v) is 11.1. The van der Waals surface area contributed by atoms with Crippen molar-refractivity contribution in [2.45, 2.75) is 17.8 Å². The highest BCUT2D eigenvalue weighted by Crippen LogP contribution is 2.31. The zero-order chi connectivity index (χ0) is 20.9. The number of rotatable bonds is 8. The predicted octanol–water partition coefficient (Wildman–Crippen LogP) is 4.61. The third kappa shape index (κ3) is 4.57. The van der Waals surface area contributed by atoms with Crippen LogP contribution in [0.25, 0.3) is 17.3 Å². The average molecular weight is 462 g/mol. The molecule has 0 spiro atoms. The highest BCUT2D eigenvalue weighted by Gasteiger charge is 2.19. The fraction of sp³-hybridized carbons (Fsp3) is 0.158. The number of carbonyl (C=O) groups is 1. The number of aromatic nitrogens is 4. The van der Waals surface area contributed by atoms with E-state index in [9.17, 15) is 4.79 Å². The summed E-state index contributed by atoms with van der Waals surface area (Å²) in [6.07, 6.45) is 1.59. The highest BCUT2D eigenvalue weighted by molar-refractivity contribution is 7.98. The maximum absolute atomic E-state index is 11.9. The Morgan fingerprint density at radius 3 is 2.87 bits per heavy atom. The summed E-state index contributed by atoms with van der Waals surface area (Å²) in [4.78, 5) is 21.2. The van der Waals surface area contributed by atoms with Crippen molar-refractivity contribution in [1.82, 2.24) is 25.2 Å². The molecule has 1 N–H and O–H groups in total. The molecule has 0 atom stereocenters. The van der Waals surface area contributed by atoms with E-state index in [0.29, 0.717) is 39.8 Å². The Bertz CT molecular complexity index is 1130. The van der Waals surface area contributed by atoms with E-state index in [2.05, 4.69) is 20.7 Å². The van der Waals surface area contributed by atoms with Gasteiger partial charge in [-0.05, 0) is 43.3 Å². The van der Waals surface area contributed by atoms with Crippen molar-refractivity contribution in [3.05, 3.63) is 63.8 Å². The third-order valence-electron chi connectivity index (χ3n) is 3.88. The summed E-state index contributed by atoms with van der Waals surface area (Å²) in [5.74, 6) is 1.35. The van der Waals surface area contributed by atoms with E-state index in [1.54, 1.807) is 36.8 Å². The largest absolute Gasteiger partial charge is 0.461 e. The van der Waals surface area contributed by atoms with Gasteiger partial charge in [0.15, 0.2) is 10.9 Å². The Morgan fingerprint density at radius 2 is 2.13 bits per heavy atom. The van der Waals surface area contributed by atoms with Gasteiger partial charge in [-0.15, -0.1) is 21.5 Å². The molecule has 1 aromatic carbocycles. The zero-order valence-electron chi connectivity index (χ0n) is 15.7. The molecule has 4 rings (SSSR count). The van der Waals surface area contributed by atoms with Gasteiger partial charge in [-0.25, -0.2) is 10.5 Å². The number of benzene rings is 1. The van der Waals surface area contributed by atoms with Crippen LogP contribution in [0.3, 0.4) is 0 Å². The number of thioether (sulfide) groups is 1. The molecule has 0 saturated carbocycles. The molecule has 11 heteroatoms. The summed E-state index contributed by atoms with van der Waals surface area (Å²) >= 11 is 8.90. The second kappa shape index (κ2) is 9.43. The lowest BCUT2D eigenvalue weighted by Gasteiger charge is -2.09. The molecule has 0 radical (unpaired) electrons. The van der Waals surface area contributed by atoms with Crippen LogP contribution in [-0.2, 0) is 10.6 Å². The van der Waals surface area contributed by atoms with Gasteiger partial charge in [0.05, 0.1) is 18.6 Å². The summed E-state index contributed by atoms with van der Waals surface area (Å²) < 4.78 is 7.42. The van der Waals surface area contributed by atoms with E-state index in [4.69, 9.17) is 20.9 Å². The van der Waals surface area contributed by atoms with Gasteiger partial charge >= 0.3 is 0 Å². The molecule has 0 fully saturated rings. The molecule has 0 saturated heterocycles. The minimum atomic E-state index is -0.367. The summed E-state index contributed by atoms with van der Waals surface area (Å²) in [7, 11) is 0. The zero-order valence-corrected chi connectivity index (χ0v) is 18.1. The lowest BCUT2D eigenvalue weighted by molar-refractivity contribution is 0.0360. The molecule has 8 nitrogen and oxygen atoms in total. The van der Waals surface area contributed by atoms with Crippen LogP contribution >= 0.6 is 34.7 Å². The lowest BCUT2D eigenvalue weighted by atomic mass is 10.3. The second-order valence-electron chi connectivity index (χ2n) is 5.87. The molecule has 4 aromatic rings. The van der Waals surface area contributed by atoms with Crippen molar-refractivity contribution >= 4 is 40.6 Å². The Kier molecular flexibility index (Phi) is 6.48. The normalized spacial score (nSPS) is 11.0. The van der Waals surface area contributed by atoms with E-state index in [0.717, 1.165) is 10.7 Å². The first-order valence-electron chi connectivity index (χ1n) is 8.90. The number of halogens is 1. The number of hydrogen-bond acceptors (Lipinski definition) is 8. The second-order valence-corrected chi connectivity index (χ2v) is 8.20. The molecule has 3 aromatic heterocycles. The fourth-order valence-corrected chi connectivity index (χ4v) is 4.42. The molecular formula is C19H16ClN5O3S2. The maximum atomic E-state index is 11.9. The Hall–Kier alpha value is -2.66. The molecule has 0 unspecified atom stereocenters. The maximum Gasteiger partial charge on any atom is 0.294 e. The molecular weight excluding hydrogens is 446 g/mol. The van der Waals surface area contributed by atoms with E-state index < -0.39 is 0 Å². The van der Waals surface area contributed by atoms with Crippen LogP contribution in [0.5, 0.6) is 0 Å². The fourth-order valence-electron chi connectivity index (χ4n) is 2.55. The molecule has 0 aliphatic heterocycles. The van der Waals surface area contributed by atoms with Crippen molar-refractivity contribution in [2.24, 2.45) is 0 Å². The molecule has 0 aliphatic carbocycles. The van der Waals surface area contributed by atoms with Crippen LogP contribution in [0.15, 0.2) is 57.6 Å². The van der Waals surface area contributed by atoms with Crippen molar-refractivity contribution in [3.8, 4) is 17.3 Å². The van der Waals surface area contributed by atoms with Crippen LogP contribution < -0.4 is 5.48 Å². The monoisotopic (exact) mass is 461 g/mol. The van der Waals surface area contributed by atoms with Crippen LogP contribution in [0, 0.1) is 0 Å². The number of nitrogens with one attached hydrogen (secondary N) is 1. The molecule has 3 heterocycles. The van der Waals surface area contributed by atoms with Gasteiger partial charge in [-0.1, -0.05) is 23.4 Å². The first-order chi connectivity index (χ1) is 14.7.